The van der Waals surface area contributed by atoms with Gasteiger partial charge in [-0.15, -0.1) is 10.2 Å². The molecule has 1 aromatic carbocycles. The summed E-state index contributed by atoms with van der Waals surface area (Å²) >= 11 is 5.85. The van der Waals surface area contributed by atoms with Crippen LogP contribution in [0.25, 0.3) is 11.4 Å². The molecule has 2 aromatic heterocycles. The molecule has 3 aromatic rings. The van der Waals surface area contributed by atoms with Gasteiger partial charge in [-0.3, -0.25) is 9.67 Å². The van der Waals surface area contributed by atoms with Gasteiger partial charge in [0.15, 0.2) is 5.82 Å². The predicted molar refractivity (Wildman–Crippen MR) is 99.0 cm³/mol. The maximum absolute atomic E-state index is 12.7. The Morgan fingerprint density at radius 1 is 1.27 bits per heavy atom. The topological polar surface area (TPSA) is 108 Å². The highest BCUT2D eigenvalue weighted by atomic mass is 35.5. The first-order valence-corrected chi connectivity index (χ1v) is 9.14. The molecular formula is C17H16ClF3N6O3. The number of hydrogen-bond acceptors (Lipinski definition) is 6. The van der Waals surface area contributed by atoms with E-state index in [2.05, 4.69) is 20.3 Å². The summed E-state index contributed by atoms with van der Waals surface area (Å²) in [5, 5.41) is 10.8. The van der Waals surface area contributed by atoms with E-state index in [1.807, 2.05) is 0 Å². The lowest BCUT2D eigenvalue weighted by Gasteiger charge is -2.08. The molecule has 0 bridgehead atoms. The number of halogens is 4. The molecule has 2 heterocycles. The third-order valence-corrected chi connectivity index (χ3v) is 4.19. The molecule has 0 fully saturated rings. The Bertz CT molecular complexity index is 1090. The standard InChI is InChI=1S/C17H16ClF3N6O3/c1-2-30-15(28)13-22-12(23-24-13)9-27-16(29)26(8-7-17(19,20)21)14(25-27)10-3-5-11(18)6-4-10/h3-6H,2,7-9H2,1H3,(H,22,23,24). The van der Waals surface area contributed by atoms with Crippen LogP contribution in [0.3, 0.4) is 0 Å². The van der Waals surface area contributed by atoms with Crippen LogP contribution in [-0.2, 0) is 17.8 Å². The first kappa shape index (κ1) is 21.6. The van der Waals surface area contributed by atoms with Gasteiger partial charge in [-0.2, -0.15) is 13.2 Å². The Balaban J connectivity index is 1.94. The molecule has 1 N–H and O–H groups in total. The normalized spacial score (nSPS) is 11.6. The van der Waals surface area contributed by atoms with Crippen molar-refractivity contribution in [2.45, 2.75) is 32.6 Å². The van der Waals surface area contributed by atoms with Crippen LogP contribution in [0.5, 0.6) is 0 Å². The summed E-state index contributed by atoms with van der Waals surface area (Å²) in [7, 11) is 0. The number of hydrogen-bond donors (Lipinski definition) is 1. The van der Waals surface area contributed by atoms with Crippen molar-refractivity contribution in [3.63, 3.8) is 0 Å². The van der Waals surface area contributed by atoms with E-state index in [1.54, 1.807) is 19.1 Å². The zero-order chi connectivity index (χ0) is 21.9. The van der Waals surface area contributed by atoms with E-state index in [9.17, 15) is 22.8 Å². The molecular weight excluding hydrogens is 429 g/mol. The van der Waals surface area contributed by atoms with E-state index in [-0.39, 0.29) is 30.6 Å². The maximum Gasteiger partial charge on any atom is 0.390 e. The van der Waals surface area contributed by atoms with Gasteiger partial charge in [0, 0.05) is 17.1 Å². The smallest absolute Gasteiger partial charge is 0.390 e. The third-order valence-electron chi connectivity index (χ3n) is 3.93. The van der Waals surface area contributed by atoms with Crippen molar-refractivity contribution < 1.29 is 22.7 Å². The molecule has 0 saturated heterocycles. The van der Waals surface area contributed by atoms with E-state index in [0.717, 1.165) is 9.25 Å². The van der Waals surface area contributed by atoms with Crippen LogP contribution in [0.1, 0.15) is 29.8 Å². The minimum absolute atomic E-state index is 0.0473. The fourth-order valence-electron chi connectivity index (χ4n) is 2.59. The van der Waals surface area contributed by atoms with Crippen LogP contribution in [0, 0.1) is 0 Å². The van der Waals surface area contributed by atoms with Crippen LogP contribution in [0.4, 0.5) is 13.2 Å². The number of aromatic nitrogens is 6. The Labute approximate surface area is 172 Å². The van der Waals surface area contributed by atoms with Crippen molar-refractivity contribution in [3.8, 4) is 11.4 Å². The summed E-state index contributed by atoms with van der Waals surface area (Å²) in [6.07, 6.45) is -5.65. The number of rotatable bonds is 7. The van der Waals surface area contributed by atoms with Crippen LogP contribution in [0.2, 0.25) is 5.02 Å². The van der Waals surface area contributed by atoms with Crippen molar-refractivity contribution in [2.24, 2.45) is 0 Å². The highest BCUT2D eigenvalue weighted by molar-refractivity contribution is 6.30. The van der Waals surface area contributed by atoms with E-state index in [4.69, 9.17) is 16.3 Å². The van der Waals surface area contributed by atoms with Crippen molar-refractivity contribution in [1.29, 1.82) is 0 Å². The summed E-state index contributed by atoms with van der Waals surface area (Å²) < 4.78 is 44.8. The Morgan fingerprint density at radius 2 is 1.97 bits per heavy atom. The number of carbonyl (C=O) groups is 1. The fourth-order valence-corrected chi connectivity index (χ4v) is 2.72. The lowest BCUT2D eigenvalue weighted by Crippen LogP contribution is -2.27. The van der Waals surface area contributed by atoms with Crippen molar-refractivity contribution >= 4 is 17.6 Å². The number of carbonyl (C=O) groups excluding carboxylic acids is 1. The predicted octanol–water partition coefficient (Wildman–Crippen LogP) is 2.66. The molecule has 0 unspecified atom stereocenters. The molecule has 0 aliphatic heterocycles. The Hall–Kier alpha value is -3.15. The number of nitrogens with zero attached hydrogens (tertiary/aromatic N) is 5. The lowest BCUT2D eigenvalue weighted by atomic mass is 10.2. The first-order valence-electron chi connectivity index (χ1n) is 8.76. The van der Waals surface area contributed by atoms with Crippen LogP contribution in [-0.4, -0.2) is 48.3 Å². The number of esters is 1. The second kappa shape index (κ2) is 8.69. The molecule has 0 aliphatic rings. The summed E-state index contributed by atoms with van der Waals surface area (Å²) in [6.45, 7) is 0.919. The number of H-pyrrole nitrogens is 1. The van der Waals surface area contributed by atoms with Gasteiger partial charge in [0.05, 0.1) is 13.0 Å². The van der Waals surface area contributed by atoms with Crippen molar-refractivity contribution in [1.82, 2.24) is 29.5 Å². The Kier molecular flexibility index (Phi) is 6.25. The molecule has 160 valence electrons. The third kappa shape index (κ3) is 5.06. The van der Waals surface area contributed by atoms with Crippen LogP contribution in [0.15, 0.2) is 29.1 Å². The summed E-state index contributed by atoms with van der Waals surface area (Å²) in [5.41, 5.74) is -0.347. The van der Waals surface area contributed by atoms with Gasteiger partial charge in [0.1, 0.15) is 12.4 Å². The molecule has 0 spiro atoms. The number of nitrogens with one attached hydrogen (secondary N) is 1. The van der Waals surface area contributed by atoms with Gasteiger partial charge in [-0.1, -0.05) is 11.6 Å². The zero-order valence-electron chi connectivity index (χ0n) is 15.6. The number of ether oxygens (including phenoxy) is 1. The minimum atomic E-state index is -4.45. The van der Waals surface area contributed by atoms with Gasteiger partial charge < -0.3 is 4.74 Å². The van der Waals surface area contributed by atoms with E-state index >= 15 is 0 Å². The molecule has 0 aliphatic carbocycles. The van der Waals surface area contributed by atoms with Gasteiger partial charge >= 0.3 is 17.8 Å². The largest absolute Gasteiger partial charge is 0.460 e. The van der Waals surface area contributed by atoms with E-state index in [1.165, 1.54) is 12.1 Å². The van der Waals surface area contributed by atoms with E-state index < -0.39 is 30.8 Å². The van der Waals surface area contributed by atoms with Crippen LogP contribution < -0.4 is 5.69 Å². The van der Waals surface area contributed by atoms with Gasteiger partial charge in [0.2, 0.25) is 0 Å². The Morgan fingerprint density at radius 3 is 2.60 bits per heavy atom. The van der Waals surface area contributed by atoms with Gasteiger partial charge in [-0.25, -0.2) is 19.3 Å². The number of benzene rings is 1. The SMILES string of the molecule is CCOC(=O)c1n[nH]c(Cn2nc(-c3ccc(Cl)cc3)n(CCC(F)(F)F)c2=O)n1. The first-order chi connectivity index (χ1) is 14.2. The average molecular weight is 445 g/mol. The van der Waals surface area contributed by atoms with Gasteiger partial charge in [-0.05, 0) is 31.2 Å². The zero-order valence-corrected chi connectivity index (χ0v) is 16.4. The summed E-state index contributed by atoms with van der Waals surface area (Å²) in [6, 6.07) is 6.17. The van der Waals surface area contributed by atoms with Crippen LogP contribution >= 0.6 is 11.6 Å². The number of aromatic amines is 1. The van der Waals surface area contributed by atoms with Gasteiger partial charge in [0.25, 0.3) is 5.82 Å². The second-order valence-corrected chi connectivity index (χ2v) is 6.55. The molecule has 0 saturated carbocycles. The molecule has 13 heteroatoms. The maximum atomic E-state index is 12.7. The highest BCUT2D eigenvalue weighted by Gasteiger charge is 2.28. The highest BCUT2D eigenvalue weighted by Crippen LogP contribution is 2.23. The van der Waals surface area contributed by atoms with Crippen molar-refractivity contribution in [3.05, 3.63) is 51.4 Å². The van der Waals surface area contributed by atoms with Crippen molar-refractivity contribution in [2.75, 3.05) is 6.61 Å². The summed E-state index contributed by atoms with van der Waals surface area (Å²) in [4.78, 5) is 28.3. The molecule has 0 atom stereocenters. The second-order valence-electron chi connectivity index (χ2n) is 6.11. The quantitative estimate of drug-likeness (QED) is 0.561. The fraction of sp³-hybridized carbons (Fsp3) is 0.353. The molecule has 30 heavy (non-hydrogen) atoms. The number of alkyl halides is 3. The lowest BCUT2D eigenvalue weighted by molar-refractivity contribution is -0.136. The minimum Gasteiger partial charge on any atom is -0.460 e. The molecule has 3 rings (SSSR count). The molecule has 0 amide bonds. The molecule has 0 radical (unpaired) electrons. The van der Waals surface area contributed by atoms with E-state index in [0.29, 0.717) is 10.6 Å². The molecule has 9 nitrogen and oxygen atoms in total. The average Bonchev–Trinajstić information content (AvgIpc) is 3.26. The monoisotopic (exact) mass is 444 g/mol. The summed E-state index contributed by atoms with van der Waals surface area (Å²) in [5.74, 6) is -0.812.